The molecule has 8 heteroatoms. The number of hydrogen-bond donors (Lipinski definition) is 1. The number of nitrogens with one attached hydrogen (secondary N) is 1. The molecule has 1 aliphatic carbocycles. The third-order valence-corrected chi connectivity index (χ3v) is 7.64. The van der Waals surface area contributed by atoms with E-state index in [2.05, 4.69) is 29.6 Å². The first-order valence-electron chi connectivity index (χ1n) is 12.7. The lowest BCUT2D eigenvalue weighted by Crippen LogP contribution is -2.54. The van der Waals surface area contributed by atoms with Gasteiger partial charge in [0.1, 0.15) is 18.7 Å². The number of hydrogen-bond acceptors (Lipinski definition) is 6. The molecule has 2 fully saturated rings. The van der Waals surface area contributed by atoms with Gasteiger partial charge >= 0.3 is 12.1 Å². The third kappa shape index (κ3) is 4.34. The predicted molar refractivity (Wildman–Crippen MR) is 132 cm³/mol. The fourth-order valence-corrected chi connectivity index (χ4v) is 6.04. The van der Waals surface area contributed by atoms with Gasteiger partial charge in [-0.05, 0) is 54.9 Å². The molecule has 0 saturated carbocycles. The van der Waals surface area contributed by atoms with Crippen molar-refractivity contribution in [3.63, 3.8) is 0 Å². The molecule has 0 aromatic heterocycles. The number of benzene rings is 2. The van der Waals surface area contributed by atoms with Crippen LogP contribution in [0.5, 0.6) is 0 Å². The van der Waals surface area contributed by atoms with Gasteiger partial charge in [0.25, 0.3) is 0 Å². The number of fused-ring (bicyclic) bond motifs is 4. The summed E-state index contributed by atoms with van der Waals surface area (Å²) in [7, 11) is 1.32. The van der Waals surface area contributed by atoms with E-state index in [0.717, 1.165) is 22.3 Å². The van der Waals surface area contributed by atoms with E-state index < -0.39 is 24.1 Å². The zero-order valence-corrected chi connectivity index (χ0v) is 20.6. The maximum absolute atomic E-state index is 13.5. The standard InChI is InChI=1S/C28H32N2O6/c1-3-35-25-15-12-22(26(31)30-23(25)13-14-24(30)27(32)34-2)29-28(33)36-16-21-19-10-6-4-8-17(19)18-9-5-7-11-20(18)21/h4-11,21-25H,3,12-16H2,1-2H3,(H,29,33)/t22-,23-,24-,25+/m0/s1. The van der Waals surface area contributed by atoms with Crippen molar-refractivity contribution < 1.29 is 28.6 Å². The van der Waals surface area contributed by atoms with Crippen LogP contribution >= 0.6 is 0 Å². The maximum Gasteiger partial charge on any atom is 0.407 e. The van der Waals surface area contributed by atoms with Crippen LogP contribution in [0.3, 0.4) is 0 Å². The number of carbonyl (C=O) groups is 3. The van der Waals surface area contributed by atoms with Gasteiger partial charge in [0.15, 0.2) is 0 Å². The lowest BCUT2D eigenvalue weighted by atomic mass is 9.98. The molecule has 2 amide bonds. The zero-order chi connectivity index (χ0) is 25.2. The van der Waals surface area contributed by atoms with Crippen LogP contribution in [0.15, 0.2) is 48.5 Å². The Hall–Kier alpha value is -3.39. The van der Waals surface area contributed by atoms with Crippen LogP contribution in [-0.4, -0.2) is 67.4 Å². The molecule has 2 aliphatic heterocycles. The molecule has 0 spiro atoms. The van der Waals surface area contributed by atoms with Crippen LogP contribution in [0.2, 0.25) is 0 Å². The molecule has 190 valence electrons. The van der Waals surface area contributed by atoms with Crippen molar-refractivity contribution >= 4 is 18.0 Å². The molecule has 0 unspecified atom stereocenters. The quantitative estimate of drug-likeness (QED) is 0.619. The second-order valence-electron chi connectivity index (χ2n) is 9.52. The molecule has 2 aromatic rings. The monoisotopic (exact) mass is 492 g/mol. The highest BCUT2D eigenvalue weighted by molar-refractivity contribution is 5.91. The lowest BCUT2D eigenvalue weighted by Gasteiger charge is -2.32. The van der Waals surface area contributed by atoms with Crippen LogP contribution < -0.4 is 5.32 Å². The number of nitrogens with zero attached hydrogens (tertiary/aromatic N) is 1. The van der Waals surface area contributed by atoms with Crippen LogP contribution in [0, 0.1) is 0 Å². The van der Waals surface area contributed by atoms with Crippen molar-refractivity contribution in [3.05, 3.63) is 59.7 Å². The SMILES string of the molecule is CCO[C@@H]1CC[C@H](NC(=O)OCC2c3ccccc3-c3ccccc32)C(=O)N2[C@H](C(=O)OC)CC[C@@H]12. The molecule has 5 rings (SSSR count). The molecule has 1 N–H and O–H groups in total. The number of amides is 2. The minimum absolute atomic E-state index is 0.0676. The van der Waals surface area contributed by atoms with E-state index in [1.807, 2.05) is 31.2 Å². The molecular weight excluding hydrogens is 460 g/mol. The molecule has 2 aromatic carbocycles. The summed E-state index contributed by atoms with van der Waals surface area (Å²) in [6, 6.07) is 14.6. The molecular formula is C28H32N2O6. The molecule has 4 atom stereocenters. The summed E-state index contributed by atoms with van der Waals surface area (Å²) < 4.78 is 16.6. The van der Waals surface area contributed by atoms with Gasteiger partial charge in [0, 0.05) is 12.5 Å². The van der Waals surface area contributed by atoms with Gasteiger partial charge in [0.05, 0.1) is 19.3 Å². The van der Waals surface area contributed by atoms with Gasteiger partial charge in [-0.3, -0.25) is 4.79 Å². The molecule has 2 heterocycles. The Labute approximate surface area is 210 Å². The van der Waals surface area contributed by atoms with Gasteiger partial charge in [-0.1, -0.05) is 48.5 Å². The summed E-state index contributed by atoms with van der Waals surface area (Å²) in [5, 5.41) is 2.77. The number of alkyl carbamates (subject to hydrolysis) is 1. The molecule has 2 saturated heterocycles. The Bertz CT molecular complexity index is 1100. The van der Waals surface area contributed by atoms with Crippen molar-refractivity contribution in [2.75, 3.05) is 20.3 Å². The topological polar surface area (TPSA) is 94.2 Å². The Kier molecular flexibility index (Phi) is 6.96. The summed E-state index contributed by atoms with van der Waals surface area (Å²) in [6.07, 6.45) is 1.36. The summed E-state index contributed by atoms with van der Waals surface area (Å²) in [5.41, 5.74) is 4.55. The normalized spacial score (nSPS) is 24.9. The van der Waals surface area contributed by atoms with Gasteiger partial charge in [-0.25, -0.2) is 9.59 Å². The smallest absolute Gasteiger partial charge is 0.407 e. The lowest BCUT2D eigenvalue weighted by molar-refractivity contribution is -0.153. The van der Waals surface area contributed by atoms with Gasteiger partial charge < -0.3 is 24.4 Å². The van der Waals surface area contributed by atoms with Gasteiger partial charge in [-0.15, -0.1) is 0 Å². The van der Waals surface area contributed by atoms with E-state index in [1.165, 1.54) is 7.11 Å². The fourth-order valence-electron chi connectivity index (χ4n) is 6.04. The third-order valence-electron chi connectivity index (χ3n) is 7.64. The van der Waals surface area contributed by atoms with Crippen molar-refractivity contribution in [2.45, 2.75) is 62.8 Å². The summed E-state index contributed by atoms with van der Waals surface area (Å²) >= 11 is 0. The predicted octanol–water partition coefficient (Wildman–Crippen LogP) is 3.63. The van der Waals surface area contributed by atoms with E-state index in [9.17, 15) is 14.4 Å². The van der Waals surface area contributed by atoms with E-state index in [-0.39, 0.29) is 30.6 Å². The molecule has 8 nitrogen and oxygen atoms in total. The van der Waals surface area contributed by atoms with E-state index in [0.29, 0.717) is 32.3 Å². The Balaban J connectivity index is 1.29. The minimum atomic E-state index is -0.793. The number of esters is 1. The average Bonchev–Trinajstić information content (AvgIpc) is 3.45. The van der Waals surface area contributed by atoms with Crippen molar-refractivity contribution in [1.82, 2.24) is 10.2 Å². The number of ether oxygens (including phenoxy) is 3. The molecule has 0 bridgehead atoms. The van der Waals surface area contributed by atoms with E-state index >= 15 is 0 Å². The van der Waals surface area contributed by atoms with Crippen molar-refractivity contribution in [1.29, 1.82) is 0 Å². The first-order valence-corrected chi connectivity index (χ1v) is 12.7. The van der Waals surface area contributed by atoms with E-state index in [4.69, 9.17) is 14.2 Å². The molecule has 0 radical (unpaired) electrons. The highest BCUT2D eigenvalue weighted by atomic mass is 16.5. The maximum atomic E-state index is 13.5. The van der Waals surface area contributed by atoms with Crippen LogP contribution in [0.4, 0.5) is 4.79 Å². The highest BCUT2D eigenvalue weighted by Gasteiger charge is 2.49. The highest BCUT2D eigenvalue weighted by Crippen LogP contribution is 2.44. The number of methoxy groups -OCH3 is 1. The second-order valence-corrected chi connectivity index (χ2v) is 9.52. The molecule has 3 aliphatic rings. The second kappa shape index (κ2) is 10.3. The average molecular weight is 493 g/mol. The number of carbonyl (C=O) groups excluding carboxylic acids is 3. The van der Waals surface area contributed by atoms with Crippen LogP contribution in [0.25, 0.3) is 11.1 Å². The summed E-state index contributed by atoms with van der Waals surface area (Å²) in [4.78, 5) is 40.4. The summed E-state index contributed by atoms with van der Waals surface area (Å²) in [5.74, 6) is -0.798. The first-order chi connectivity index (χ1) is 17.5. The fraction of sp³-hybridized carbons (Fsp3) is 0.464. The molecule has 36 heavy (non-hydrogen) atoms. The first kappa shape index (κ1) is 24.3. The zero-order valence-electron chi connectivity index (χ0n) is 20.6. The number of rotatable bonds is 6. The van der Waals surface area contributed by atoms with Crippen LogP contribution in [0.1, 0.15) is 49.7 Å². The Morgan fingerprint density at radius 1 is 0.972 bits per heavy atom. The van der Waals surface area contributed by atoms with E-state index in [1.54, 1.807) is 4.90 Å². The minimum Gasteiger partial charge on any atom is -0.467 e. The largest absolute Gasteiger partial charge is 0.467 e. The van der Waals surface area contributed by atoms with Crippen molar-refractivity contribution in [2.24, 2.45) is 0 Å². The van der Waals surface area contributed by atoms with Gasteiger partial charge in [-0.2, -0.15) is 0 Å². The Morgan fingerprint density at radius 3 is 2.28 bits per heavy atom. The van der Waals surface area contributed by atoms with Gasteiger partial charge in [0.2, 0.25) is 5.91 Å². The summed E-state index contributed by atoms with van der Waals surface area (Å²) in [6.45, 7) is 2.59. The Morgan fingerprint density at radius 2 is 1.64 bits per heavy atom. The van der Waals surface area contributed by atoms with Crippen LogP contribution in [-0.2, 0) is 23.8 Å². The van der Waals surface area contributed by atoms with Crippen molar-refractivity contribution in [3.8, 4) is 11.1 Å².